The first-order chi connectivity index (χ1) is 9.24. The molecular formula is C15H15NO3. The van der Waals surface area contributed by atoms with Crippen molar-refractivity contribution in [3.05, 3.63) is 36.1 Å². The maximum atomic E-state index is 12.2. The number of amides is 1. The minimum absolute atomic E-state index is 0.0962. The van der Waals surface area contributed by atoms with Gasteiger partial charge in [-0.05, 0) is 18.9 Å². The van der Waals surface area contributed by atoms with E-state index in [2.05, 4.69) is 5.32 Å². The van der Waals surface area contributed by atoms with Crippen molar-refractivity contribution < 1.29 is 14.0 Å². The molecule has 1 amide bonds. The Morgan fingerprint density at radius 2 is 1.95 bits per heavy atom. The van der Waals surface area contributed by atoms with E-state index >= 15 is 0 Å². The summed E-state index contributed by atoms with van der Waals surface area (Å²) >= 11 is 0. The lowest BCUT2D eigenvalue weighted by molar-refractivity contribution is -0.120. The molecule has 1 aromatic carbocycles. The molecule has 98 valence electrons. The molecule has 1 fully saturated rings. The molecular weight excluding hydrogens is 242 g/mol. The van der Waals surface area contributed by atoms with Gasteiger partial charge in [0.25, 0.3) is 5.91 Å². The number of nitrogens with one attached hydrogen (secondary N) is 1. The summed E-state index contributed by atoms with van der Waals surface area (Å²) in [6, 6.07) is 7.57. The van der Waals surface area contributed by atoms with Gasteiger partial charge in [0, 0.05) is 24.3 Å². The summed E-state index contributed by atoms with van der Waals surface area (Å²) in [6.07, 6.45) is 4.10. The van der Waals surface area contributed by atoms with Crippen LogP contribution in [0, 0.1) is 0 Å². The van der Waals surface area contributed by atoms with Gasteiger partial charge in [-0.2, -0.15) is 0 Å². The van der Waals surface area contributed by atoms with Crippen LogP contribution in [0.3, 0.4) is 0 Å². The number of hydrogen-bond donors (Lipinski definition) is 1. The van der Waals surface area contributed by atoms with E-state index in [0.29, 0.717) is 29.8 Å². The summed E-state index contributed by atoms with van der Waals surface area (Å²) in [5.41, 5.74) is 1.28. The van der Waals surface area contributed by atoms with E-state index in [0.717, 1.165) is 18.2 Å². The average Bonchev–Trinajstić information content (AvgIpc) is 2.85. The second kappa shape index (κ2) is 4.88. The summed E-state index contributed by atoms with van der Waals surface area (Å²) in [4.78, 5) is 23.4. The molecule has 0 saturated heterocycles. The van der Waals surface area contributed by atoms with Crippen LogP contribution < -0.4 is 5.32 Å². The maximum absolute atomic E-state index is 12.2. The zero-order valence-corrected chi connectivity index (χ0v) is 10.5. The number of carbonyl (C=O) groups is 2. The van der Waals surface area contributed by atoms with Gasteiger partial charge in [0.05, 0.1) is 5.56 Å². The van der Waals surface area contributed by atoms with Crippen LogP contribution in [0.25, 0.3) is 11.0 Å². The number of rotatable bonds is 2. The number of hydrogen-bond acceptors (Lipinski definition) is 3. The van der Waals surface area contributed by atoms with Crippen LogP contribution in [-0.2, 0) is 4.79 Å². The number of Topliss-reactive ketones (excluding diaryl/α,β-unsaturated/α-hetero) is 1. The van der Waals surface area contributed by atoms with Crippen molar-refractivity contribution in [1.82, 2.24) is 5.32 Å². The molecule has 0 unspecified atom stereocenters. The summed E-state index contributed by atoms with van der Waals surface area (Å²) in [5.74, 6) is 0.170. The van der Waals surface area contributed by atoms with Gasteiger partial charge in [-0.15, -0.1) is 0 Å². The van der Waals surface area contributed by atoms with Crippen LogP contribution >= 0.6 is 0 Å². The molecule has 1 aliphatic carbocycles. The SMILES string of the molecule is O=C1CCC(NC(=O)c2coc3ccccc23)CC1. The van der Waals surface area contributed by atoms with Crippen molar-refractivity contribution in [3.63, 3.8) is 0 Å². The van der Waals surface area contributed by atoms with Crippen molar-refractivity contribution in [1.29, 1.82) is 0 Å². The fourth-order valence-electron chi connectivity index (χ4n) is 2.50. The first-order valence-corrected chi connectivity index (χ1v) is 6.53. The Balaban J connectivity index is 1.75. The van der Waals surface area contributed by atoms with E-state index in [4.69, 9.17) is 4.42 Å². The quantitative estimate of drug-likeness (QED) is 0.899. The predicted octanol–water partition coefficient (Wildman–Crippen LogP) is 2.67. The molecule has 1 N–H and O–H groups in total. The van der Waals surface area contributed by atoms with Crippen LogP contribution in [-0.4, -0.2) is 17.7 Å². The highest BCUT2D eigenvalue weighted by molar-refractivity contribution is 6.06. The number of benzene rings is 1. The molecule has 0 radical (unpaired) electrons. The van der Waals surface area contributed by atoms with Crippen molar-refractivity contribution in [2.45, 2.75) is 31.7 Å². The predicted molar refractivity (Wildman–Crippen MR) is 70.9 cm³/mol. The van der Waals surface area contributed by atoms with Gasteiger partial charge < -0.3 is 9.73 Å². The molecule has 1 saturated carbocycles. The first kappa shape index (κ1) is 12.0. The number of fused-ring (bicyclic) bond motifs is 1. The molecule has 0 atom stereocenters. The molecule has 4 nitrogen and oxygen atoms in total. The van der Waals surface area contributed by atoms with Gasteiger partial charge >= 0.3 is 0 Å². The second-order valence-corrected chi connectivity index (χ2v) is 4.93. The van der Waals surface area contributed by atoms with E-state index in [-0.39, 0.29) is 11.9 Å². The molecule has 1 heterocycles. The van der Waals surface area contributed by atoms with Crippen molar-refractivity contribution >= 4 is 22.7 Å². The third kappa shape index (κ3) is 2.38. The normalized spacial score (nSPS) is 16.7. The Kier molecular flexibility index (Phi) is 3.07. The van der Waals surface area contributed by atoms with Gasteiger partial charge in [0.15, 0.2) is 0 Å². The third-order valence-electron chi connectivity index (χ3n) is 3.60. The van der Waals surface area contributed by atoms with Crippen LogP contribution in [0.15, 0.2) is 34.9 Å². The summed E-state index contributed by atoms with van der Waals surface area (Å²) in [7, 11) is 0. The maximum Gasteiger partial charge on any atom is 0.255 e. The molecule has 1 aliphatic rings. The Bertz CT molecular complexity index is 619. The summed E-state index contributed by atoms with van der Waals surface area (Å²) < 4.78 is 5.36. The molecule has 19 heavy (non-hydrogen) atoms. The van der Waals surface area contributed by atoms with Crippen LogP contribution in [0.1, 0.15) is 36.0 Å². The zero-order valence-electron chi connectivity index (χ0n) is 10.5. The molecule has 0 bridgehead atoms. The zero-order chi connectivity index (χ0) is 13.2. The molecule has 0 aliphatic heterocycles. The lowest BCUT2D eigenvalue weighted by Gasteiger charge is -2.21. The lowest BCUT2D eigenvalue weighted by Crippen LogP contribution is -2.37. The standard InChI is InChI=1S/C15H15NO3/c17-11-7-5-10(6-8-11)16-15(18)13-9-19-14-4-2-1-3-12(13)14/h1-4,9-10H,5-8H2,(H,16,18). The second-order valence-electron chi connectivity index (χ2n) is 4.93. The van der Waals surface area contributed by atoms with Gasteiger partial charge in [0.2, 0.25) is 0 Å². The van der Waals surface area contributed by atoms with Crippen molar-refractivity contribution in [2.24, 2.45) is 0 Å². The Hall–Kier alpha value is -2.10. The topological polar surface area (TPSA) is 59.3 Å². The first-order valence-electron chi connectivity index (χ1n) is 6.53. The Morgan fingerprint density at radius 1 is 1.21 bits per heavy atom. The lowest BCUT2D eigenvalue weighted by atomic mass is 9.94. The van der Waals surface area contributed by atoms with E-state index in [1.807, 2.05) is 24.3 Å². The minimum atomic E-state index is -0.121. The van der Waals surface area contributed by atoms with E-state index < -0.39 is 0 Å². The molecule has 0 spiro atoms. The highest BCUT2D eigenvalue weighted by Crippen LogP contribution is 2.21. The highest BCUT2D eigenvalue weighted by Gasteiger charge is 2.22. The fourth-order valence-corrected chi connectivity index (χ4v) is 2.50. The molecule has 4 heteroatoms. The van der Waals surface area contributed by atoms with Crippen LogP contribution in [0.5, 0.6) is 0 Å². The highest BCUT2D eigenvalue weighted by atomic mass is 16.3. The van der Waals surface area contributed by atoms with Crippen molar-refractivity contribution in [2.75, 3.05) is 0 Å². The Morgan fingerprint density at radius 3 is 2.74 bits per heavy atom. The van der Waals surface area contributed by atoms with Gasteiger partial charge in [-0.1, -0.05) is 18.2 Å². The number of carbonyl (C=O) groups excluding carboxylic acids is 2. The van der Waals surface area contributed by atoms with E-state index in [1.165, 1.54) is 6.26 Å². The Labute approximate surface area is 110 Å². The third-order valence-corrected chi connectivity index (χ3v) is 3.60. The number of furan rings is 1. The van der Waals surface area contributed by atoms with Crippen molar-refractivity contribution in [3.8, 4) is 0 Å². The molecule has 3 rings (SSSR count). The summed E-state index contributed by atoms with van der Waals surface area (Å²) in [6.45, 7) is 0. The average molecular weight is 257 g/mol. The number of para-hydroxylation sites is 1. The van der Waals surface area contributed by atoms with Crippen LogP contribution in [0.2, 0.25) is 0 Å². The largest absolute Gasteiger partial charge is 0.463 e. The van der Waals surface area contributed by atoms with Gasteiger partial charge in [-0.25, -0.2) is 0 Å². The van der Waals surface area contributed by atoms with E-state index in [1.54, 1.807) is 0 Å². The molecule has 2 aromatic rings. The smallest absolute Gasteiger partial charge is 0.255 e. The fraction of sp³-hybridized carbons (Fsp3) is 0.333. The molecule has 1 aromatic heterocycles. The van der Waals surface area contributed by atoms with Crippen LogP contribution in [0.4, 0.5) is 0 Å². The van der Waals surface area contributed by atoms with Gasteiger partial charge in [-0.3, -0.25) is 9.59 Å². The minimum Gasteiger partial charge on any atom is -0.463 e. The summed E-state index contributed by atoms with van der Waals surface area (Å²) in [5, 5.41) is 3.81. The number of ketones is 1. The van der Waals surface area contributed by atoms with E-state index in [9.17, 15) is 9.59 Å². The van der Waals surface area contributed by atoms with Gasteiger partial charge in [0.1, 0.15) is 17.6 Å². The monoisotopic (exact) mass is 257 g/mol.